The van der Waals surface area contributed by atoms with E-state index in [0.29, 0.717) is 6.04 Å². The zero-order valence-electron chi connectivity index (χ0n) is 9.59. The average Bonchev–Trinajstić information content (AvgIpc) is 2.63. The van der Waals surface area contributed by atoms with E-state index in [1.165, 1.54) is 22.0 Å². The van der Waals surface area contributed by atoms with Crippen molar-refractivity contribution in [2.45, 2.75) is 26.3 Å². The van der Waals surface area contributed by atoms with E-state index in [2.05, 4.69) is 48.5 Å². The molecule has 2 aromatic rings. The van der Waals surface area contributed by atoms with E-state index in [-0.39, 0.29) is 0 Å². The second-order valence-corrected chi connectivity index (χ2v) is 4.21. The lowest BCUT2D eigenvalue weighted by atomic mass is 10.0. The van der Waals surface area contributed by atoms with Crippen LogP contribution in [0.3, 0.4) is 0 Å². The molecule has 2 nitrogen and oxygen atoms in total. The van der Waals surface area contributed by atoms with E-state index in [4.69, 9.17) is 0 Å². The predicted octanol–water partition coefficient (Wildman–Crippen LogP) is 2.63. The summed E-state index contributed by atoms with van der Waals surface area (Å²) >= 11 is 0. The highest BCUT2D eigenvalue weighted by Gasteiger charge is 2.07. The third-order valence-electron chi connectivity index (χ3n) is 3.03. The third kappa shape index (κ3) is 1.90. The molecule has 80 valence electrons. The summed E-state index contributed by atoms with van der Waals surface area (Å²) in [6.07, 6.45) is 3.20. The number of para-hydroxylation sites is 1. The Morgan fingerprint density at radius 2 is 2.20 bits per heavy atom. The Labute approximate surface area is 90.7 Å². The maximum absolute atomic E-state index is 3.36. The van der Waals surface area contributed by atoms with Crippen LogP contribution < -0.4 is 5.32 Å². The molecule has 1 aromatic carbocycles. The van der Waals surface area contributed by atoms with Gasteiger partial charge < -0.3 is 10.3 Å². The van der Waals surface area contributed by atoms with Crippen LogP contribution >= 0.6 is 0 Å². The highest BCUT2D eigenvalue weighted by Crippen LogP contribution is 2.22. The van der Waals surface area contributed by atoms with Gasteiger partial charge in [-0.05, 0) is 38.4 Å². The lowest BCUT2D eigenvalue weighted by molar-refractivity contribution is 0.610. The lowest BCUT2D eigenvalue weighted by Crippen LogP contribution is -2.23. The van der Waals surface area contributed by atoms with Gasteiger partial charge in [-0.2, -0.15) is 0 Å². The van der Waals surface area contributed by atoms with E-state index in [1.807, 2.05) is 7.05 Å². The van der Waals surface area contributed by atoms with Crippen LogP contribution in [0.25, 0.3) is 10.9 Å². The van der Waals surface area contributed by atoms with Crippen molar-refractivity contribution in [1.82, 2.24) is 10.3 Å². The van der Waals surface area contributed by atoms with E-state index < -0.39 is 0 Å². The summed E-state index contributed by atoms with van der Waals surface area (Å²) in [6, 6.07) is 6.98. The molecule has 1 heterocycles. The van der Waals surface area contributed by atoms with Crippen LogP contribution in [0.15, 0.2) is 24.4 Å². The van der Waals surface area contributed by atoms with Crippen molar-refractivity contribution in [2.24, 2.45) is 0 Å². The lowest BCUT2D eigenvalue weighted by Gasteiger charge is -2.08. The summed E-state index contributed by atoms with van der Waals surface area (Å²) in [5, 5.41) is 4.63. The van der Waals surface area contributed by atoms with E-state index >= 15 is 0 Å². The number of aromatic amines is 1. The summed E-state index contributed by atoms with van der Waals surface area (Å²) in [4.78, 5) is 3.36. The van der Waals surface area contributed by atoms with Crippen molar-refractivity contribution in [2.75, 3.05) is 7.05 Å². The molecule has 15 heavy (non-hydrogen) atoms. The van der Waals surface area contributed by atoms with Crippen LogP contribution in [0.4, 0.5) is 0 Å². The first kappa shape index (κ1) is 10.2. The van der Waals surface area contributed by atoms with Crippen LogP contribution in [0.1, 0.15) is 18.1 Å². The monoisotopic (exact) mass is 202 g/mol. The largest absolute Gasteiger partial charge is 0.361 e. The van der Waals surface area contributed by atoms with Crippen molar-refractivity contribution in [1.29, 1.82) is 0 Å². The van der Waals surface area contributed by atoms with Crippen molar-refractivity contribution in [3.8, 4) is 0 Å². The number of rotatable bonds is 3. The zero-order valence-corrected chi connectivity index (χ0v) is 9.59. The molecule has 1 unspecified atom stereocenters. The molecule has 0 amide bonds. The minimum atomic E-state index is 0.518. The fraction of sp³-hybridized carbons (Fsp3) is 0.385. The highest BCUT2D eigenvalue weighted by molar-refractivity contribution is 5.85. The fourth-order valence-corrected chi connectivity index (χ4v) is 1.96. The SMILES string of the molecule is CNC(C)Cc1c[nH]c2c(C)cccc12. The number of H-pyrrole nitrogens is 1. The molecule has 1 atom stereocenters. The first-order chi connectivity index (χ1) is 7.22. The van der Waals surface area contributed by atoms with E-state index in [0.717, 1.165) is 6.42 Å². The molecule has 2 heteroatoms. The first-order valence-corrected chi connectivity index (χ1v) is 5.45. The molecule has 2 rings (SSSR count). The van der Waals surface area contributed by atoms with Gasteiger partial charge in [-0.15, -0.1) is 0 Å². The van der Waals surface area contributed by atoms with Gasteiger partial charge in [0.1, 0.15) is 0 Å². The van der Waals surface area contributed by atoms with Gasteiger partial charge in [-0.1, -0.05) is 18.2 Å². The van der Waals surface area contributed by atoms with E-state index in [1.54, 1.807) is 0 Å². The van der Waals surface area contributed by atoms with Gasteiger partial charge in [-0.25, -0.2) is 0 Å². The molecule has 0 saturated carbocycles. The molecule has 0 bridgehead atoms. The van der Waals surface area contributed by atoms with Crippen molar-refractivity contribution >= 4 is 10.9 Å². The van der Waals surface area contributed by atoms with Gasteiger partial charge >= 0.3 is 0 Å². The number of benzene rings is 1. The minimum Gasteiger partial charge on any atom is -0.361 e. The maximum Gasteiger partial charge on any atom is 0.0486 e. The smallest absolute Gasteiger partial charge is 0.0486 e. The van der Waals surface area contributed by atoms with Gasteiger partial charge in [0.25, 0.3) is 0 Å². The molecular formula is C13H18N2. The predicted molar refractivity (Wildman–Crippen MR) is 65.3 cm³/mol. The molecule has 2 N–H and O–H groups in total. The number of likely N-dealkylation sites (N-methyl/N-ethyl adjacent to an activating group) is 1. The average molecular weight is 202 g/mol. The second-order valence-electron chi connectivity index (χ2n) is 4.21. The summed E-state index contributed by atoms with van der Waals surface area (Å²) in [5.41, 5.74) is 3.99. The number of hydrogen-bond acceptors (Lipinski definition) is 1. The molecule has 0 fully saturated rings. The summed E-state index contributed by atoms with van der Waals surface area (Å²) in [7, 11) is 2.00. The Morgan fingerprint density at radius 3 is 2.93 bits per heavy atom. The quantitative estimate of drug-likeness (QED) is 0.786. The van der Waals surface area contributed by atoms with Gasteiger partial charge in [0.05, 0.1) is 0 Å². The first-order valence-electron chi connectivity index (χ1n) is 5.45. The van der Waals surface area contributed by atoms with Gasteiger partial charge in [0.2, 0.25) is 0 Å². The zero-order chi connectivity index (χ0) is 10.8. The number of fused-ring (bicyclic) bond motifs is 1. The van der Waals surface area contributed by atoms with Gasteiger partial charge in [0.15, 0.2) is 0 Å². The number of hydrogen-bond donors (Lipinski definition) is 2. The molecular weight excluding hydrogens is 184 g/mol. The Balaban J connectivity index is 2.41. The molecule has 0 aliphatic carbocycles. The molecule has 0 radical (unpaired) electrons. The number of aromatic nitrogens is 1. The Kier molecular flexibility index (Phi) is 2.78. The van der Waals surface area contributed by atoms with Crippen molar-refractivity contribution in [3.05, 3.63) is 35.5 Å². The van der Waals surface area contributed by atoms with E-state index in [9.17, 15) is 0 Å². The van der Waals surface area contributed by atoms with Crippen LogP contribution in [0, 0.1) is 6.92 Å². The fourth-order valence-electron chi connectivity index (χ4n) is 1.96. The molecule has 1 aromatic heterocycles. The molecule has 0 spiro atoms. The number of aryl methyl sites for hydroxylation is 1. The highest BCUT2D eigenvalue weighted by atomic mass is 14.8. The van der Waals surface area contributed by atoms with Gasteiger partial charge in [0, 0.05) is 23.1 Å². The minimum absolute atomic E-state index is 0.518. The normalized spacial score (nSPS) is 13.3. The Morgan fingerprint density at radius 1 is 1.40 bits per heavy atom. The third-order valence-corrected chi connectivity index (χ3v) is 3.03. The summed E-state index contributed by atoms with van der Waals surface area (Å²) in [6.45, 7) is 4.35. The van der Waals surface area contributed by atoms with Crippen molar-refractivity contribution in [3.63, 3.8) is 0 Å². The summed E-state index contributed by atoms with van der Waals surface area (Å²) in [5.74, 6) is 0. The maximum atomic E-state index is 3.36. The topological polar surface area (TPSA) is 27.8 Å². The Hall–Kier alpha value is -1.28. The summed E-state index contributed by atoms with van der Waals surface area (Å²) < 4.78 is 0. The Bertz CT molecular complexity index is 457. The van der Waals surface area contributed by atoms with Crippen LogP contribution in [0.2, 0.25) is 0 Å². The van der Waals surface area contributed by atoms with Crippen molar-refractivity contribution < 1.29 is 0 Å². The van der Waals surface area contributed by atoms with Crippen LogP contribution in [0.5, 0.6) is 0 Å². The molecule has 0 aliphatic heterocycles. The van der Waals surface area contributed by atoms with Crippen LogP contribution in [-0.4, -0.2) is 18.1 Å². The van der Waals surface area contributed by atoms with Crippen LogP contribution in [-0.2, 0) is 6.42 Å². The molecule has 0 aliphatic rings. The van der Waals surface area contributed by atoms with Gasteiger partial charge in [-0.3, -0.25) is 0 Å². The second kappa shape index (κ2) is 4.07. The standard InChI is InChI=1S/C13H18N2/c1-9-5-4-6-12-11(7-10(2)14-3)8-15-13(9)12/h4-6,8,10,14-15H,7H2,1-3H3. The molecule has 0 saturated heterocycles. The number of nitrogens with one attached hydrogen (secondary N) is 2.